The summed E-state index contributed by atoms with van der Waals surface area (Å²) >= 11 is 5.83. The first-order chi connectivity index (χ1) is 12.5. The molecule has 0 bridgehead atoms. The normalized spacial score (nSPS) is 10.5. The predicted molar refractivity (Wildman–Crippen MR) is 102 cm³/mol. The van der Waals surface area contributed by atoms with Gasteiger partial charge in [-0.2, -0.15) is 0 Å². The Bertz CT molecular complexity index is 1040. The smallest absolute Gasteiger partial charge is 0.252 e. The highest BCUT2D eigenvalue weighted by molar-refractivity contribution is 6.30. The van der Waals surface area contributed by atoms with Gasteiger partial charge in [0, 0.05) is 29.2 Å². The summed E-state index contributed by atoms with van der Waals surface area (Å²) in [6.45, 7) is -0.171. The van der Waals surface area contributed by atoms with Gasteiger partial charge in [-0.1, -0.05) is 29.8 Å². The molecule has 132 valence electrons. The van der Waals surface area contributed by atoms with Gasteiger partial charge in [0.2, 0.25) is 5.91 Å². The van der Waals surface area contributed by atoms with Crippen molar-refractivity contribution in [2.24, 2.45) is 0 Å². The quantitative estimate of drug-likeness (QED) is 0.742. The molecule has 2 N–H and O–H groups in total. The number of carbonyl (C=O) groups excluding carboxylic acids is 2. The number of pyridine rings is 1. The third kappa shape index (κ3) is 3.60. The van der Waals surface area contributed by atoms with E-state index in [1.807, 2.05) is 0 Å². The number of nitrogens with zero attached hydrogens (tertiary/aromatic N) is 1. The molecule has 0 saturated heterocycles. The Hall–Kier alpha value is -3.12. The van der Waals surface area contributed by atoms with Gasteiger partial charge < -0.3 is 10.6 Å². The van der Waals surface area contributed by atoms with Crippen molar-refractivity contribution < 1.29 is 9.59 Å². The number of para-hydroxylation sites is 1. The summed E-state index contributed by atoms with van der Waals surface area (Å²) in [4.78, 5) is 36.9. The van der Waals surface area contributed by atoms with E-state index >= 15 is 0 Å². The van der Waals surface area contributed by atoms with Crippen LogP contribution in [0.3, 0.4) is 0 Å². The van der Waals surface area contributed by atoms with Gasteiger partial charge in [0.05, 0.1) is 11.1 Å². The van der Waals surface area contributed by atoms with Crippen molar-refractivity contribution in [3.63, 3.8) is 0 Å². The molecule has 7 heteroatoms. The largest absolute Gasteiger partial charge is 0.355 e. The molecule has 26 heavy (non-hydrogen) atoms. The predicted octanol–water partition coefficient (Wildman–Crippen LogP) is 2.65. The van der Waals surface area contributed by atoms with Crippen molar-refractivity contribution in [1.29, 1.82) is 0 Å². The molecule has 0 fully saturated rings. The fourth-order valence-corrected chi connectivity index (χ4v) is 2.82. The van der Waals surface area contributed by atoms with Crippen molar-refractivity contribution in [2.75, 3.05) is 12.4 Å². The zero-order chi connectivity index (χ0) is 18.7. The van der Waals surface area contributed by atoms with Crippen LogP contribution in [-0.2, 0) is 11.3 Å². The van der Waals surface area contributed by atoms with Crippen LogP contribution >= 0.6 is 11.6 Å². The SMILES string of the molecule is CNC(=O)c1cc(=O)n(CC(=O)Nc2ccc(Cl)cc2)c2ccccc12. The van der Waals surface area contributed by atoms with Crippen LogP contribution < -0.4 is 16.2 Å². The van der Waals surface area contributed by atoms with E-state index in [0.29, 0.717) is 21.6 Å². The minimum atomic E-state index is -0.423. The molecule has 1 aromatic heterocycles. The molecular formula is C19H16ClN3O3. The molecule has 0 aliphatic rings. The van der Waals surface area contributed by atoms with Crippen LogP contribution in [-0.4, -0.2) is 23.4 Å². The van der Waals surface area contributed by atoms with Crippen LogP contribution in [0.4, 0.5) is 5.69 Å². The van der Waals surface area contributed by atoms with Crippen molar-refractivity contribution in [3.8, 4) is 0 Å². The minimum absolute atomic E-state index is 0.171. The lowest BCUT2D eigenvalue weighted by molar-refractivity contribution is -0.116. The highest BCUT2D eigenvalue weighted by Gasteiger charge is 2.15. The van der Waals surface area contributed by atoms with Crippen molar-refractivity contribution in [3.05, 3.63) is 75.5 Å². The summed E-state index contributed by atoms with van der Waals surface area (Å²) in [6, 6.07) is 14.9. The van der Waals surface area contributed by atoms with Gasteiger partial charge in [-0.05, 0) is 30.3 Å². The number of carbonyl (C=O) groups is 2. The highest BCUT2D eigenvalue weighted by Crippen LogP contribution is 2.17. The Morgan fingerprint density at radius 2 is 1.77 bits per heavy atom. The lowest BCUT2D eigenvalue weighted by Gasteiger charge is -2.13. The Balaban J connectivity index is 1.96. The van der Waals surface area contributed by atoms with Crippen molar-refractivity contribution in [2.45, 2.75) is 6.54 Å². The van der Waals surface area contributed by atoms with E-state index in [0.717, 1.165) is 0 Å². The van der Waals surface area contributed by atoms with Crippen LogP contribution in [0.2, 0.25) is 5.02 Å². The van der Waals surface area contributed by atoms with E-state index < -0.39 is 5.56 Å². The average molecular weight is 370 g/mol. The maximum Gasteiger partial charge on any atom is 0.252 e. The van der Waals surface area contributed by atoms with E-state index in [9.17, 15) is 14.4 Å². The Labute approximate surface area is 154 Å². The summed E-state index contributed by atoms with van der Waals surface area (Å²) in [5.41, 5.74) is 0.958. The molecule has 0 spiro atoms. The molecule has 3 rings (SSSR count). The molecule has 3 aromatic rings. The molecule has 6 nitrogen and oxygen atoms in total. The van der Waals surface area contributed by atoms with Gasteiger partial charge in [0.15, 0.2) is 0 Å². The summed E-state index contributed by atoms with van der Waals surface area (Å²) < 4.78 is 1.34. The van der Waals surface area contributed by atoms with Gasteiger partial charge in [0.25, 0.3) is 11.5 Å². The number of benzene rings is 2. The summed E-state index contributed by atoms with van der Waals surface area (Å²) in [5.74, 6) is -0.705. The Morgan fingerprint density at radius 3 is 2.46 bits per heavy atom. The minimum Gasteiger partial charge on any atom is -0.355 e. The molecule has 0 saturated carbocycles. The first-order valence-corrected chi connectivity index (χ1v) is 8.27. The fraction of sp³-hybridized carbons (Fsp3) is 0.105. The lowest BCUT2D eigenvalue weighted by Crippen LogP contribution is -2.30. The van der Waals surface area contributed by atoms with Crippen LogP contribution in [0, 0.1) is 0 Å². The molecule has 0 radical (unpaired) electrons. The van der Waals surface area contributed by atoms with Gasteiger partial charge in [-0.15, -0.1) is 0 Å². The topological polar surface area (TPSA) is 80.2 Å². The zero-order valence-corrected chi connectivity index (χ0v) is 14.7. The molecular weight excluding hydrogens is 354 g/mol. The van der Waals surface area contributed by atoms with Crippen LogP contribution in [0.25, 0.3) is 10.9 Å². The first kappa shape index (κ1) is 17.7. The third-order valence-electron chi connectivity index (χ3n) is 3.92. The molecule has 0 aliphatic carbocycles. The number of halogens is 1. The number of hydrogen-bond acceptors (Lipinski definition) is 3. The van der Waals surface area contributed by atoms with E-state index in [4.69, 9.17) is 11.6 Å². The second-order valence-electron chi connectivity index (χ2n) is 5.63. The number of anilines is 1. The second-order valence-corrected chi connectivity index (χ2v) is 6.07. The van der Waals surface area contributed by atoms with Crippen LogP contribution in [0.15, 0.2) is 59.4 Å². The molecule has 2 amide bonds. The number of amides is 2. The molecule has 0 aliphatic heterocycles. The van der Waals surface area contributed by atoms with Crippen LogP contribution in [0.5, 0.6) is 0 Å². The number of nitrogens with one attached hydrogen (secondary N) is 2. The maximum atomic E-state index is 12.5. The molecule has 0 unspecified atom stereocenters. The number of aromatic nitrogens is 1. The van der Waals surface area contributed by atoms with E-state index in [1.165, 1.54) is 17.7 Å². The maximum absolute atomic E-state index is 12.5. The molecule has 1 heterocycles. The molecule has 2 aromatic carbocycles. The van der Waals surface area contributed by atoms with E-state index in [2.05, 4.69) is 10.6 Å². The Morgan fingerprint density at radius 1 is 1.08 bits per heavy atom. The first-order valence-electron chi connectivity index (χ1n) is 7.89. The summed E-state index contributed by atoms with van der Waals surface area (Å²) in [7, 11) is 1.50. The van der Waals surface area contributed by atoms with Gasteiger partial charge in [-0.3, -0.25) is 19.0 Å². The van der Waals surface area contributed by atoms with E-state index in [1.54, 1.807) is 48.5 Å². The summed E-state index contributed by atoms with van der Waals surface area (Å²) in [6.07, 6.45) is 0. The Kier molecular flexibility index (Phi) is 5.04. The highest BCUT2D eigenvalue weighted by atomic mass is 35.5. The van der Waals surface area contributed by atoms with Crippen LogP contribution in [0.1, 0.15) is 10.4 Å². The van der Waals surface area contributed by atoms with E-state index in [-0.39, 0.29) is 23.9 Å². The lowest BCUT2D eigenvalue weighted by atomic mass is 10.1. The molecule has 0 atom stereocenters. The standard InChI is InChI=1S/C19H16ClN3O3/c1-21-19(26)15-10-18(25)23(16-5-3-2-4-14(15)16)11-17(24)22-13-8-6-12(20)7-9-13/h2-10H,11H2,1H3,(H,21,26)(H,22,24). The van der Waals surface area contributed by atoms with Crippen molar-refractivity contribution >= 4 is 40.0 Å². The van der Waals surface area contributed by atoms with Gasteiger partial charge in [-0.25, -0.2) is 0 Å². The average Bonchev–Trinajstić information content (AvgIpc) is 2.65. The van der Waals surface area contributed by atoms with Crippen molar-refractivity contribution in [1.82, 2.24) is 9.88 Å². The monoisotopic (exact) mass is 369 g/mol. The van der Waals surface area contributed by atoms with Gasteiger partial charge in [0.1, 0.15) is 6.54 Å². The van der Waals surface area contributed by atoms with Gasteiger partial charge >= 0.3 is 0 Å². The third-order valence-corrected chi connectivity index (χ3v) is 4.17. The fourth-order valence-electron chi connectivity index (χ4n) is 2.70. The number of rotatable bonds is 4. The summed E-state index contributed by atoms with van der Waals surface area (Å²) in [5, 5.41) is 6.41. The zero-order valence-electron chi connectivity index (χ0n) is 14.0. The second kappa shape index (κ2) is 7.41. The number of hydrogen-bond donors (Lipinski definition) is 2. The number of fused-ring (bicyclic) bond motifs is 1.